The average molecular weight is 337 g/mol. The monoisotopic (exact) mass is 337 g/mol. The van der Waals surface area contributed by atoms with E-state index in [0.717, 1.165) is 17.8 Å². The van der Waals surface area contributed by atoms with Crippen LogP contribution in [0.3, 0.4) is 0 Å². The fourth-order valence-electron chi connectivity index (χ4n) is 2.72. The van der Waals surface area contributed by atoms with Gasteiger partial charge in [-0.25, -0.2) is 13.4 Å². The Kier molecular flexibility index (Phi) is 4.05. The smallest absolute Gasteiger partial charge is 0.244 e. The highest BCUT2D eigenvalue weighted by molar-refractivity contribution is 7.89. The second kappa shape index (κ2) is 5.72. The molecule has 3 heterocycles. The van der Waals surface area contributed by atoms with Crippen LogP contribution in [0.4, 0.5) is 0 Å². The fourth-order valence-corrected chi connectivity index (χ4v) is 5.09. The van der Waals surface area contributed by atoms with Crippen LogP contribution in [0.25, 0.3) is 0 Å². The average Bonchev–Trinajstić information content (AvgIpc) is 2.96. The van der Waals surface area contributed by atoms with Crippen LogP contribution in [0.5, 0.6) is 0 Å². The number of rotatable bonds is 3. The minimum absolute atomic E-state index is 0.0279. The molecule has 7 heteroatoms. The Morgan fingerprint density at radius 2 is 2.00 bits per heavy atom. The highest BCUT2D eigenvalue weighted by Crippen LogP contribution is 2.38. The summed E-state index contributed by atoms with van der Waals surface area (Å²) in [5.74, 6) is 0. The van der Waals surface area contributed by atoms with Crippen LogP contribution in [-0.4, -0.2) is 35.8 Å². The predicted octanol–water partition coefficient (Wildman–Crippen LogP) is 2.59. The molecule has 1 aliphatic heterocycles. The first kappa shape index (κ1) is 15.6. The van der Waals surface area contributed by atoms with Crippen molar-refractivity contribution >= 4 is 21.4 Å². The predicted molar refractivity (Wildman–Crippen MR) is 86.4 cm³/mol. The van der Waals surface area contributed by atoms with Crippen LogP contribution in [0.2, 0.25) is 0 Å². The number of aromatic nitrogens is 2. The van der Waals surface area contributed by atoms with Crippen molar-refractivity contribution in [3.63, 3.8) is 0 Å². The lowest BCUT2D eigenvalue weighted by atomic mass is 9.82. The van der Waals surface area contributed by atoms with Gasteiger partial charge < -0.3 is 0 Å². The van der Waals surface area contributed by atoms with Crippen molar-refractivity contribution in [1.29, 1.82) is 0 Å². The number of piperidine rings is 1. The highest BCUT2D eigenvalue weighted by Gasteiger charge is 2.38. The van der Waals surface area contributed by atoms with Crippen molar-refractivity contribution < 1.29 is 8.42 Å². The van der Waals surface area contributed by atoms with Crippen molar-refractivity contribution in [2.45, 2.75) is 37.0 Å². The molecule has 0 atom stereocenters. The molecule has 1 fully saturated rings. The van der Waals surface area contributed by atoms with Gasteiger partial charge in [0.05, 0.1) is 5.01 Å². The van der Waals surface area contributed by atoms with Crippen LogP contribution in [0, 0.1) is 6.92 Å². The van der Waals surface area contributed by atoms with Crippen molar-refractivity contribution in [1.82, 2.24) is 14.3 Å². The summed E-state index contributed by atoms with van der Waals surface area (Å²) in [6.45, 7) is 5.27. The standard InChI is InChI=1S/C15H19N3O2S2/c1-12-10-17-14(21-12)15(2)5-8-18(9-6-15)22(19,20)13-4-3-7-16-11-13/h3-4,7,10-11H,5-6,8-9H2,1-2H3. The van der Waals surface area contributed by atoms with Gasteiger partial charge in [0.1, 0.15) is 4.90 Å². The zero-order chi connectivity index (χ0) is 15.8. The minimum atomic E-state index is -3.44. The topological polar surface area (TPSA) is 63.2 Å². The third kappa shape index (κ3) is 2.80. The van der Waals surface area contributed by atoms with Gasteiger partial charge in [-0.05, 0) is 31.9 Å². The van der Waals surface area contributed by atoms with Crippen LogP contribution in [0.1, 0.15) is 29.7 Å². The zero-order valence-corrected chi connectivity index (χ0v) is 14.3. The van der Waals surface area contributed by atoms with Gasteiger partial charge in [-0.15, -0.1) is 11.3 Å². The second-order valence-electron chi connectivity index (χ2n) is 5.93. The molecule has 22 heavy (non-hydrogen) atoms. The maximum absolute atomic E-state index is 12.6. The maximum Gasteiger partial charge on any atom is 0.244 e. The Morgan fingerprint density at radius 3 is 2.55 bits per heavy atom. The summed E-state index contributed by atoms with van der Waals surface area (Å²) in [6.07, 6.45) is 6.47. The van der Waals surface area contributed by atoms with Crippen LogP contribution in [0.15, 0.2) is 35.6 Å². The van der Waals surface area contributed by atoms with Gasteiger partial charge in [-0.1, -0.05) is 6.92 Å². The van der Waals surface area contributed by atoms with E-state index in [-0.39, 0.29) is 10.3 Å². The number of aryl methyl sites for hydroxylation is 1. The summed E-state index contributed by atoms with van der Waals surface area (Å²) in [7, 11) is -3.44. The Balaban J connectivity index is 1.77. The molecule has 0 N–H and O–H groups in total. The van der Waals surface area contributed by atoms with Crippen molar-refractivity contribution in [2.24, 2.45) is 0 Å². The summed E-state index contributed by atoms with van der Waals surface area (Å²) >= 11 is 1.71. The number of pyridine rings is 1. The molecule has 1 saturated heterocycles. The first-order valence-corrected chi connectivity index (χ1v) is 9.51. The molecule has 3 rings (SSSR count). The van der Waals surface area contributed by atoms with Gasteiger partial charge >= 0.3 is 0 Å². The van der Waals surface area contributed by atoms with Gasteiger partial charge in [0.15, 0.2) is 0 Å². The van der Waals surface area contributed by atoms with Gasteiger partial charge in [0.2, 0.25) is 10.0 Å². The third-order valence-electron chi connectivity index (χ3n) is 4.24. The van der Waals surface area contributed by atoms with E-state index in [4.69, 9.17) is 0 Å². The SMILES string of the molecule is Cc1cnc(C2(C)CCN(S(=O)(=O)c3cccnc3)CC2)s1. The van der Waals surface area contributed by atoms with E-state index in [1.807, 2.05) is 13.1 Å². The van der Waals surface area contributed by atoms with Gasteiger partial charge in [0, 0.05) is 42.0 Å². The number of sulfonamides is 1. The summed E-state index contributed by atoms with van der Waals surface area (Å²) in [4.78, 5) is 9.87. The molecule has 2 aromatic heterocycles. The van der Waals surface area contributed by atoms with Gasteiger partial charge in [-0.3, -0.25) is 4.98 Å². The van der Waals surface area contributed by atoms with E-state index in [9.17, 15) is 8.42 Å². The van der Waals surface area contributed by atoms with Crippen molar-refractivity contribution in [2.75, 3.05) is 13.1 Å². The molecule has 0 amide bonds. The van der Waals surface area contributed by atoms with E-state index in [2.05, 4.69) is 16.9 Å². The number of nitrogens with zero attached hydrogens (tertiary/aromatic N) is 3. The highest BCUT2D eigenvalue weighted by atomic mass is 32.2. The molecular formula is C15H19N3O2S2. The van der Waals surface area contributed by atoms with Crippen molar-refractivity contribution in [3.05, 3.63) is 40.6 Å². The molecular weight excluding hydrogens is 318 g/mol. The van der Waals surface area contributed by atoms with Gasteiger partial charge in [0.25, 0.3) is 0 Å². The first-order chi connectivity index (χ1) is 10.4. The Hall–Kier alpha value is -1.31. The first-order valence-electron chi connectivity index (χ1n) is 7.25. The number of thiazole rings is 1. The van der Waals surface area contributed by atoms with Crippen LogP contribution < -0.4 is 0 Å². The number of hydrogen-bond donors (Lipinski definition) is 0. The van der Waals surface area contributed by atoms with E-state index in [0.29, 0.717) is 13.1 Å². The third-order valence-corrected chi connectivity index (χ3v) is 7.34. The van der Waals surface area contributed by atoms with Crippen LogP contribution >= 0.6 is 11.3 Å². The maximum atomic E-state index is 12.6. The molecule has 5 nitrogen and oxygen atoms in total. The zero-order valence-electron chi connectivity index (χ0n) is 12.7. The largest absolute Gasteiger partial charge is 0.263 e. The van der Waals surface area contributed by atoms with E-state index in [1.54, 1.807) is 34.0 Å². The molecule has 118 valence electrons. The lowest BCUT2D eigenvalue weighted by Gasteiger charge is -2.37. The summed E-state index contributed by atoms with van der Waals surface area (Å²) in [5, 5.41) is 1.11. The molecule has 0 aromatic carbocycles. The fraction of sp³-hybridized carbons (Fsp3) is 0.467. The minimum Gasteiger partial charge on any atom is -0.263 e. The summed E-state index contributed by atoms with van der Waals surface area (Å²) in [5.41, 5.74) is -0.0279. The summed E-state index contributed by atoms with van der Waals surface area (Å²) < 4.78 is 26.8. The summed E-state index contributed by atoms with van der Waals surface area (Å²) in [6, 6.07) is 3.25. The van der Waals surface area contributed by atoms with Crippen LogP contribution in [-0.2, 0) is 15.4 Å². The molecule has 0 saturated carbocycles. The lowest BCUT2D eigenvalue weighted by Crippen LogP contribution is -2.43. The normalized spacial score (nSPS) is 19.2. The van der Waals surface area contributed by atoms with E-state index >= 15 is 0 Å². The molecule has 1 aliphatic rings. The Morgan fingerprint density at radius 1 is 1.27 bits per heavy atom. The molecule has 2 aromatic rings. The quantitative estimate of drug-likeness (QED) is 0.863. The van der Waals surface area contributed by atoms with E-state index in [1.165, 1.54) is 11.1 Å². The molecule has 0 bridgehead atoms. The number of hydrogen-bond acceptors (Lipinski definition) is 5. The lowest BCUT2D eigenvalue weighted by molar-refractivity contribution is 0.248. The van der Waals surface area contributed by atoms with Gasteiger partial charge in [-0.2, -0.15) is 4.31 Å². The molecule has 0 spiro atoms. The molecule has 0 unspecified atom stereocenters. The Bertz CT molecular complexity index is 748. The second-order valence-corrected chi connectivity index (χ2v) is 9.10. The molecule has 0 aliphatic carbocycles. The van der Waals surface area contributed by atoms with E-state index < -0.39 is 10.0 Å². The van der Waals surface area contributed by atoms with Crippen molar-refractivity contribution in [3.8, 4) is 0 Å². The molecule has 0 radical (unpaired) electrons. The Labute approximate surface area is 135 Å².